The van der Waals surface area contributed by atoms with E-state index in [1.807, 2.05) is 6.07 Å². The molecule has 1 amide bonds. The molecule has 1 N–H and O–H groups in total. The van der Waals surface area contributed by atoms with Crippen LogP contribution in [0.25, 0.3) is 0 Å². The molecule has 2 aromatic rings. The van der Waals surface area contributed by atoms with Gasteiger partial charge in [0.05, 0.1) is 12.2 Å². The topological polar surface area (TPSA) is 92.1 Å². The van der Waals surface area contributed by atoms with Crippen molar-refractivity contribution in [3.05, 3.63) is 59.3 Å². The number of nitriles is 1. The molecule has 1 aromatic heterocycles. The van der Waals surface area contributed by atoms with Crippen molar-refractivity contribution in [2.45, 2.75) is 6.42 Å². The molecule has 0 aliphatic carbocycles. The molecule has 1 heterocycles. The van der Waals surface area contributed by atoms with Crippen molar-refractivity contribution in [2.24, 2.45) is 0 Å². The molecular formula is C17H15N3O3. The Kier molecular flexibility index (Phi) is 5.83. The van der Waals surface area contributed by atoms with Crippen LogP contribution in [0.1, 0.15) is 32.7 Å². The molecule has 0 bridgehead atoms. The molecule has 2 rings (SSSR count). The van der Waals surface area contributed by atoms with Crippen molar-refractivity contribution >= 4 is 12.2 Å². The minimum absolute atomic E-state index is 0.288. The number of carbonyl (C=O) groups excluding carboxylic acids is 2. The Hall–Kier alpha value is -3.20. The van der Waals surface area contributed by atoms with Gasteiger partial charge in [-0.1, -0.05) is 18.2 Å². The molecule has 0 atom stereocenters. The summed E-state index contributed by atoms with van der Waals surface area (Å²) in [6, 6.07) is 11.8. The lowest BCUT2D eigenvalue weighted by Crippen LogP contribution is -2.26. The first kappa shape index (κ1) is 16.2. The molecule has 0 aliphatic rings. The molecular weight excluding hydrogens is 294 g/mol. The second kappa shape index (κ2) is 8.29. The predicted molar refractivity (Wildman–Crippen MR) is 83.2 cm³/mol. The van der Waals surface area contributed by atoms with Gasteiger partial charge in [0, 0.05) is 29.9 Å². The van der Waals surface area contributed by atoms with E-state index in [4.69, 9.17) is 10.00 Å². The quantitative estimate of drug-likeness (QED) is 0.623. The van der Waals surface area contributed by atoms with Crippen LogP contribution in [0.15, 0.2) is 42.6 Å². The fraction of sp³-hybridized carbons (Fsp3) is 0.176. The second-order valence-electron chi connectivity index (χ2n) is 4.66. The van der Waals surface area contributed by atoms with Crippen molar-refractivity contribution in [3.63, 3.8) is 0 Å². The van der Waals surface area contributed by atoms with Crippen LogP contribution in [0, 0.1) is 11.3 Å². The van der Waals surface area contributed by atoms with Gasteiger partial charge < -0.3 is 10.1 Å². The average Bonchev–Trinajstić information content (AvgIpc) is 2.61. The highest BCUT2D eigenvalue weighted by molar-refractivity contribution is 6.01. The third-order valence-corrected chi connectivity index (χ3v) is 3.05. The Bertz CT molecular complexity index is 721. The van der Waals surface area contributed by atoms with Gasteiger partial charge in [0.2, 0.25) is 5.88 Å². The molecule has 0 radical (unpaired) electrons. The van der Waals surface area contributed by atoms with E-state index in [0.29, 0.717) is 48.4 Å². The van der Waals surface area contributed by atoms with Crippen LogP contribution in [-0.2, 0) is 0 Å². The number of hydrogen-bond acceptors (Lipinski definition) is 5. The Labute approximate surface area is 133 Å². The maximum Gasteiger partial charge on any atom is 0.252 e. The fourth-order valence-corrected chi connectivity index (χ4v) is 1.88. The monoisotopic (exact) mass is 309 g/mol. The van der Waals surface area contributed by atoms with E-state index in [0.717, 1.165) is 0 Å². The second-order valence-corrected chi connectivity index (χ2v) is 4.66. The van der Waals surface area contributed by atoms with Crippen LogP contribution in [-0.4, -0.2) is 30.3 Å². The van der Waals surface area contributed by atoms with E-state index in [2.05, 4.69) is 10.3 Å². The Morgan fingerprint density at radius 3 is 2.83 bits per heavy atom. The zero-order valence-electron chi connectivity index (χ0n) is 12.4. The maximum atomic E-state index is 12.0. The summed E-state index contributed by atoms with van der Waals surface area (Å²) < 4.78 is 5.41. The normalized spacial score (nSPS) is 9.70. The summed E-state index contributed by atoms with van der Waals surface area (Å²) in [6.07, 6.45) is 2.69. The smallest absolute Gasteiger partial charge is 0.252 e. The van der Waals surface area contributed by atoms with Crippen molar-refractivity contribution < 1.29 is 14.3 Å². The number of benzene rings is 1. The van der Waals surface area contributed by atoms with Gasteiger partial charge in [0.1, 0.15) is 6.07 Å². The van der Waals surface area contributed by atoms with E-state index in [9.17, 15) is 9.59 Å². The fourth-order valence-electron chi connectivity index (χ4n) is 1.88. The lowest BCUT2D eigenvalue weighted by atomic mass is 10.1. The Morgan fingerprint density at radius 1 is 1.30 bits per heavy atom. The van der Waals surface area contributed by atoms with Gasteiger partial charge in [-0.25, -0.2) is 4.98 Å². The highest BCUT2D eigenvalue weighted by Crippen LogP contribution is 2.07. The zero-order chi connectivity index (χ0) is 16.5. The summed E-state index contributed by atoms with van der Waals surface area (Å²) in [7, 11) is 0. The molecule has 0 spiro atoms. The molecule has 0 unspecified atom stereocenters. The van der Waals surface area contributed by atoms with Gasteiger partial charge in [-0.2, -0.15) is 5.26 Å². The van der Waals surface area contributed by atoms with E-state index < -0.39 is 0 Å². The number of rotatable bonds is 7. The molecule has 116 valence electrons. The first-order valence-electron chi connectivity index (χ1n) is 7.06. The van der Waals surface area contributed by atoms with Gasteiger partial charge >= 0.3 is 0 Å². The summed E-state index contributed by atoms with van der Waals surface area (Å²) in [5, 5.41) is 11.4. The number of aldehydes is 1. The van der Waals surface area contributed by atoms with Gasteiger partial charge in [-0.3, -0.25) is 9.59 Å². The van der Waals surface area contributed by atoms with E-state index in [-0.39, 0.29) is 5.91 Å². The standard InChI is InChI=1S/C17H15N3O3/c18-10-13-6-7-16(20-11-13)23-9-3-8-19-17(22)15-5-2-1-4-14(15)12-21/h1-2,4-7,11-12H,3,8-9H2,(H,19,22). The molecule has 0 saturated heterocycles. The highest BCUT2D eigenvalue weighted by atomic mass is 16.5. The van der Waals surface area contributed by atoms with Crippen molar-refractivity contribution in [1.82, 2.24) is 10.3 Å². The SMILES string of the molecule is N#Cc1ccc(OCCCNC(=O)c2ccccc2C=O)nc1. The van der Waals surface area contributed by atoms with E-state index in [1.54, 1.807) is 36.4 Å². The average molecular weight is 309 g/mol. The van der Waals surface area contributed by atoms with Crippen LogP contribution >= 0.6 is 0 Å². The molecule has 0 aliphatic heterocycles. The number of pyridine rings is 1. The first-order chi connectivity index (χ1) is 11.2. The lowest BCUT2D eigenvalue weighted by Gasteiger charge is -2.08. The van der Waals surface area contributed by atoms with Crippen LogP contribution in [0.4, 0.5) is 0 Å². The molecule has 6 heteroatoms. The van der Waals surface area contributed by atoms with Crippen molar-refractivity contribution in [3.8, 4) is 11.9 Å². The maximum absolute atomic E-state index is 12.0. The largest absolute Gasteiger partial charge is 0.478 e. The predicted octanol–water partition coefficient (Wildman–Crippen LogP) is 1.96. The summed E-state index contributed by atoms with van der Waals surface area (Å²) in [5.41, 5.74) is 1.19. The van der Waals surface area contributed by atoms with Crippen molar-refractivity contribution in [1.29, 1.82) is 5.26 Å². The number of amides is 1. The molecule has 1 aromatic carbocycles. The number of ether oxygens (including phenoxy) is 1. The van der Waals surface area contributed by atoms with Crippen molar-refractivity contribution in [2.75, 3.05) is 13.2 Å². The van der Waals surface area contributed by atoms with E-state index in [1.165, 1.54) is 6.20 Å². The summed E-state index contributed by atoms with van der Waals surface area (Å²) in [5.74, 6) is 0.144. The van der Waals surface area contributed by atoms with Crippen LogP contribution in [0.3, 0.4) is 0 Å². The summed E-state index contributed by atoms with van der Waals surface area (Å²) in [4.78, 5) is 26.8. The Morgan fingerprint density at radius 2 is 2.13 bits per heavy atom. The number of nitrogens with zero attached hydrogens (tertiary/aromatic N) is 2. The summed E-state index contributed by atoms with van der Waals surface area (Å²) >= 11 is 0. The third kappa shape index (κ3) is 4.64. The minimum atomic E-state index is -0.288. The lowest BCUT2D eigenvalue weighted by molar-refractivity contribution is 0.0946. The van der Waals surface area contributed by atoms with Gasteiger partial charge in [-0.15, -0.1) is 0 Å². The number of aromatic nitrogens is 1. The highest BCUT2D eigenvalue weighted by Gasteiger charge is 2.09. The van der Waals surface area contributed by atoms with Gasteiger partial charge in [0.15, 0.2) is 6.29 Å². The van der Waals surface area contributed by atoms with E-state index >= 15 is 0 Å². The molecule has 0 saturated carbocycles. The number of carbonyl (C=O) groups is 2. The van der Waals surface area contributed by atoms with Gasteiger partial charge in [0.25, 0.3) is 5.91 Å². The molecule has 23 heavy (non-hydrogen) atoms. The number of nitrogens with one attached hydrogen (secondary N) is 1. The Balaban J connectivity index is 1.73. The first-order valence-corrected chi connectivity index (χ1v) is 7.06. The number of hydrogen-bond donors (Lipinski definition) is 1. The molecule has 6 nitrogen and oxygen atoms in total. The van der Waals surface area contributed by atoms with Crippen LogP contribution in [0.5, 0.6) is 5.88 Å². The van der Waals surface area contributed by atoms with Crippen LogP contribution in [0.2, 0.25) is 0 Å². The summed E-state index contributed by atoms with van der Waals surface area (Å²) in [6.45, 7) is 0.802. The van der Waals surface area contributed by atoms with Crippen LogP contribution < -0.4 is 10.1 Å². The third-order valence-electron chi connectivity index (χ3n) is 3.05. The zero-order valence-corrected chi connectivity index (χ0v) is 12.4. The van der Waals surface area contributed by atoms with Gasteiger partial charge in [-0.05, 0) is 18.6 Å². The minimum Gasteiger partial charge on any atom is -0.478 e. The molecule has 0 fully saturated rings.